The molecule has 2 nitrogen and oxygen atoms in total. The summed E-state index contributed by atoms with van der Waals surface area (Å²) in [6.45, 7) is 4.25. The van der Waals surface area contributed by atoms with Gasteiger partial charge in [-0.15, -0.1) is 0 Å². The van der Waals surface area contributed by atoms with E-state index >= 15 is 0 Å². The maximum absolute atomic E-state index is 10.8. The molecule has 0 saturated heterocycles. The maximum Gasteiger partial charge on any atom is 0.305 e. The highest BCUT2D eigenvalue weighted by molar-refractivity contribution is 5.69. The van der Waals surface area contributed by atoms with E-state index in [0.717, 1.165) is 6.42 Å². The number of hydrogen-bond acceptors (Lipinski definition) is 2. The van der Waals surface area contributed by atoms with Crippen LogP contribution < -0.4 is 0 Å². The number of esters is 1. The number of carbonyl (C=O) groups excluding carboxylic acids is 1. The Kier molecular flexibility index (Phi) is 5.90. The highest BCUT2D eigenvalue weighted by Crippen LogP contribution is 2.11. The summed E-state index contributed by atoms with van der Waals surface area (Å²) in [7, 11) is 1.44. The van der Waals surface area contributed by atoms with Crippen LogP contribution in [0.1, 0.15) is 39.5 Å². The Bertz CT molecular complexity index is 110. The molecule has 0 amide bonds. The highest BCUT2D eigenvalue weighted by atomic mass is 16.5. The predicted molar refractivity (Wildman–Crippen MR) is 45.3 cm³/mol. The summed E-state index contributed by atoms with van der Waals surface area (Å²) in [5.41, 5.74) is 0. The third-order valence-corrected chi connectivity index (χ3v) is 1.79. The first kappa shape index (κ1) is 10.5. The molecule has 0 rings (SSSR count). The predicted octanol–water partition coefficient (Wildman–Crippen LogP) is 2.38. The summed E-state index contributed by atoms with van der Waals surface area (Å²) in [5.74, 6) is 0.385. The Morgan fingerprint density at radius 3 is 2.64 bits per heavy atom. The van der Waals surface area contributed by atoms with Gasteiger partial charge in [0.2, 0.25) is 0 Å². The van der Waals surface area contributed by atoms with Crippen molar-refractivity contribution in [1.29, 1.82) is 0 Å². The molecular weight excluding hydrogens is 140 g/mol. The van der Waals surface area contributed by atoms with Gasteiger partial charge in [-0.1, -0.05) is 33.1 Å². The molecule has 1 atom stereocenters. The largest absolute Gasteiger partial charge is 0.469 e. The van der Waals surface area contributed by atoms with Crippen molar-refractivity contribution in [1.82, 2.24) is 0 Å². The highest BCUT2D eigenvalue weighted by Gasteiger charge is 2.07. The van der Waals surface area contributed by atoms with Crippen molar-refractivity contribution in [3.8, 4) is 0 Å². The molecule has 0 saturated carbocycles. The van der Waals surface area contributed by atoms with Crippen LogP contribution in [0.5, 0.6) is 0 Å². The first-order valence-corrected chi connectivity index (χ1v) is 4.27. The second kappa shape index (κ2) is 6.20. The van der Waals surface area contributed by atoms with Gasteiger partial charge < -0.3 is 4.74 Å². The van der Waals surface area contributed by atoms with E-state index in [1.54, 1.807) is 0 Å². The fourth-order valence-electron chi connectivity index (χ4n) is 1.02. The fourth-order valence-corrected chi connectivity index (χ4v) is 1.02. The number of rotatable bonds is 5. The molecule has 0 N–H and O–H groups in total. The molecular formula is C9H18O2. The second-order valence-electron chi connectivity index (χ2n) is 3.03. The van der Waals surface area contributed by atoms with Gasteiger partial charge in [0.15, 0.2) is 0 Å². The Morgan fingerprint density at radius 1 is 1.55 bits per heavy atom. The van der Waals surface area contributed by atoms with E-state index in [0.29, 0.717) is 12.3 Å². The van der Waals surface area contributed by atoms with Gasteiger partial charge in [-0.05, 0) is 5.92 Å². The van der Waals surface area contributed by atoms with E-state index in [4.69, 9.17) is 0 Å². The van der Waals surface area contributed by atoms with Gasteiger partial charge in [-0.2, -0.15) is 0 Å². The minimum absolute atomic E-state index is 0.0893. The normalized spacial score (nSPS) is 12.6. The van der Waals surface area contributed by atoms with Crippen LogP contribution in [0.4, 0.5) is 0 Å². The SMILES string of the molecule is CCCC[C@@H](C)CC(=O)OC. The van der Waals surface area contributed by atoms with Crippen molar-refractivity contribution in [2.75, 3.05) is 7.11 Å². The van der Waals surface area contributed by atoms with Gasteiger partial charge in [0.1, 0.15) is 0 Å². The summed E-state index contributed by atoms with van der Waals surface area (Å²) in [6.07, 6.45) is 4.10. The molecule has 0 bridgehead atoms. The van der Waals surface area contributed by atoms with Crippen molar-refractivity contribution >= 4 is 5.97 Å². The Morgan fingerprint density at radius 2 is 2.18 bits per heavy atom. The lowest BCUT2D eigenvalue weighted by Crippen LogP contribution is -2.06. The van der Waals surface area contributed by atoms with Gasteiger partial charge in [0.25, 0.3) is 0 Å². The van der Waals surface area contributed by atoms with Crippen LogP contribution in [-0.2, 0) is 9.53 Å². The molecule has 11 heavy (non-hydrogen) atoms. The smallest absolute Gasteiger partial charge is 0.305 e. The van der Waals surface area contributed by atoms with Crippen molar-refractivity contribution in [3.63, 3.8) is 0 Å². The zero-order chi connectivity index (χ0) is 8.69. The summed E-state index contributed by atoms with van der Waals surface area (Å²) in [4.78, 5) is 10.8. The van der Waals surface area contributed by atoms with Gasteiger partial charge in [-0.3, -0.25) is 4.79 Å². The average Bonchev–Trinajstić information content (AvgIpc) is 2.00. The van der Waals surface area contributed by atoms with E-state index in [2.05, 4.69) is 18.6 Å². The van der Waals surface area contributed by atoms with Crippen molar-refractivity contribution in [2.45, 2.75) is 39.5 Å². The minimum atomic E-state index is -0.0893. The molecule has 0 aromatic rings. The molecule has 2 heteroatoms. The summed E-state index contributed by atoms with van der Waals surface area (Å²) in [6, 6.07) is 0. The molecule has 0 heterocycles. The molecule has 66 valence electrons. The van der Waals surface area contributed by atoms with Crippen LogP contribution in [0.15, 0.2) is 0 Å². The molecule has 0 aliphatic carbocycles. The standard InChI is InChI=1S/C9H18O2/c1-4-5-6-8(2)7-9(10)11-3/h8H,4-7H2,1-3H3/t8-/m1/s1. The Labute approximate surface area is 68.9 Å². The van der Waals surface area contributed by atoms with Gasteiger partial charge >= 0.3 is 5.97 Å². The average molecular weight is 158 g/mol. The molecule has 0 aliphatic heterocycles. The van der Waals surface area contributed by atoms with Crippen LogP contribution in [0.2, 0.25) is 0 Å². The molecule has 0 radical (unpaired) electrons. The van der Waals surface area contributed by atoms with Crippen LogP contribution in [0, 0.1) is 5.92 Å². The zero-order valence-electron chi connectivity index (χ0n) is 7.72. The lowest BCUT2D eigenvalue weighted by molar-refractivity contribution is -0.141. The molecule has 0 fully saturated rings. The first-order chi connectivity index (χ1) is 5.20. The summed E-state index contributed by atoms with van der Waals surface area (Å²) in [5, 5.41) is 0. The van der Waals surface area contributed by atoms with Crippen molar-refractivity contribution in [2.24, 2.45) is 5.92 Å². The number of ether oxygens (including phenoxy) is 1. The van der Waals surface area contributed by atoms with E-state index in [1.807, 2.05) is 0 Å². The van der Waals surface area contributed by atoms with Crippen LogP contribution in [0.25, 0.3) is 0 Å². The van der Waals surface area contributed by atoms with Crippen LogP contribution in [-0.4, -0.2) is 13.1 Å². The zero-order valence-corrected chi connectivity index (χ0v) is 7.72. The van der Waals surface area contributed by atoms with Crippen molar-refractivity contribution < 1.29 is 9.53 Å². The lowest BCUT2D eigenvalue weighted by Gasteiger charge is -2.07. The van der Waals surface area contributed by atoms with E-state index < -0.39 is 0 Å². The summed E-state index contributed by atoms with van der Waals surface area (Å²) < 4.78 is 4.56. The lowest BCUT2D eigenvalue weighted by atomic mass is 10.0. The quantitative estimate of drug-likeness (QED) is 0.574. The van der Waals surface area contributed by atoms with Crippen LogP contribution in [0.3, 0.4) is 0 Å². The maximum atomic E-state index is 10.8. The minimum Gasteiger partial charge on any atom is -0.469 e. The summed E-state index contributed by atoms with van der Waals surface area (Å²) >= 11 is 0. The van der Waals surface area contributed by atoms with E-state index in [1.165, 1.54) is 20.0 Å². The Balaban J connectivity index is 3.35. The molecule has 0 aromatic heterocycles. The monoisotopic (exact) mass is 158 g/mol. The van der Waals surface area contributed by atoms with Crippen molar-refractivity contribution in [3.05, 3.63) is 0 Å². The van der Waals surface area contributed by atoms with E-state index in [9.17, 15) is 4.79 Å². The van der Waals surface area contributed by atoms with Gasteiger partial charge in [-0.25, -0.2) is 0 Å². The van der Waals surface area contributed by atoms with Gasteiger partial charge in [0, 0.05) is 6.42 Å². The number of carbonyl (C=O) groups is 1. The Hall–Kier alpha value is -0.530. The second-order valence-corrected chi connectivity index (χ2v) is 3.03. The first-order valence-electron chi connectivity index (χ1n) is 4.27. The molecule has 0 unspecified atom stereocenters. The topological polar surface area (TPSA) is 26.3 Å². The molecule has 0 aromatic carbocycles. The number of methoxy groups -OCH3 is 1. The number of hydrogen-bond donors (Lipinski definition) is 0. The third kappa shape index (κ3) is 5.89. The number of unbranched alkanes of at least 4 members (excludes halogenated alkanes) is 1. The third-order valence-electron chi connectivity index (χ3n) is 1.79. The van der Waals surface area contributed by atoms with Gasteiger partial charge in [0.05, 0.1) is 7.11 Å². The fraction of sp³-hybridized carbons (Fsp3) is 0.889. The molecule has 0 spiro atoms. The van der Waals surface area contributed by atoms with Crippen LogP contribution >= 0.6 is 0 Å². The molecule has 0 aliphatic rings. The van der Waals surface area contributed by atoms with E-state index in [-0.39, 0.29) is 5.97 Å².